The van der Waals surface area contributed by atoms with Crippen LogP contribution in [0.2, 0.25) is 0 Å². The number of ether oxygens (including phenoxy) is 1. The molecule has 23 heavy (non-hydrogen) atoms. The molecule has 3 rings (SSSR count). The van der Waals surface area contributed by atoms with Crippen molar-refractivity contribution in [2.24, 2.45) is 0 Å². The summed E-state index contributed by atoms with van der Waals surface area (Å²) in [6.45, 7) is 7.45. The summed E-state index contributed by atoms with van der Waals surface area (Å²) in [5.74, 6) is -0.163. The maximum atomic E-state index is 12.2. The zero-order valence-electron chi connectivity index (χ0n) is 13.6. The molecule has 1 N–H and O–H groups in total. The summed E-state index contributed by atoms with van der Waals surface area (Å²) < 4.78 is 7.62. The number of nitrogens with one attached hydrogen (secondary N) is 1. The molecule has 3 heterocycles. The van der Waals surface area contributed by atoms with E-state index in [4.69, 9.17) is 4.74 Å². The number of rotatable bonds is 5. The van der Waals surface area contributed by atoms with Gasteiger partial charge >= 0.3 is 6.03 Å². The molecule has 0 aromatic carbocycles. The van der Waals surface area contributed by atoms with Gasteiger partial charge in [-0.25, -0.2) is 4.79 Å². The summed E-state index contributed by atoms with van der Waals surface area (Å²) in [6, 6.07) is 1.58. The van der Waals surface area contributed by atoms with E-state index in [-0.39, 0.29) is 18.0 Å². The van der Waals surface area contributed by atoms with E-state index in [1.807, 2.05) is 16.9 Å². The Labute approximate surface area is 135 Å². The third-order valence-electron chi connectivity index (χ3n) is 4.26. The summed E-state index contributed by atoms with van der Waals surface area (Å²) in [6.07, 6.45) is 3.74. The molecule has 2 aliphatic rings. The molecule has 2 fully saturated rings. The monoisotopic (exact) mass is 321 g/mol. The fourth-order valence-electron chi connectivity index (χ4n) is 2.97. The number of imide groups is 1. The number of urea groups is 1. The maximum Gasteiger partial charge on any atom is 0.325 e. The Morgan fingerprint density at radius 1 is 1.39 bits per heavy atom. The first-order valence-electron chi connectivity index (χ1n) is 7.91. The van der Waals surface area contributed by atoms with E-state index in [1.54, 1.807) is 20.0 Å². The van der Waals surface area contributed by atoms with Crippen molar-refractivity contribution >= 4 is 11.9 Å². The molecule has 8 heteroatoms. The topological polar surface area (TPSA) is 79.7 Å². The first-order chi connectivity index (χ1) is 11.0. The largest absolute Gasteiger partial charge is 0.374 e. The van der Waals surface area contributed by atoms with Crippen LogP contribution in [0.15, 0.2) is 18.5 Å². The van der Waals surface area contributed by atoms with Crippen LogP contribution in [0.3, 0.4) is 0 Å². The van der Waals surface area contributed by atoms with Gasteiger partial charge in [-0.05, 0) is 19.9 Å². The Kier molecular flexibility index (Phi) is 4.36. The van der Waals surface area contributed by atoms with Crippen LogP contribution < -0.4 is 5.32 Å². The van der Waals surface area contributed by atoms with Crippen LogP contribution in [0.5, 0.6) is 0 Å². The van der Waals surface area contributed by atoms with E-state index < -0.39 is 5.54 Å². The molecule has 1 atom stereocenters. The highest BCUT2D eigenvalue weighted by atomic mass is 16.5. The lowest BCUT2D eigenvalue weighted by Gasteiger charge is -2.33. The van der Waals surface area contributed by atoms with Gasteiger partial charge in [0, 0.05) is 38.6 Å². The van der Waals surface area contributed by atoms with Gasteiger partial charge in [-0.15, -0.1) is 0 Å². The summed E-state index contributed by atoms with van der Waals surface area (Å²) in [4.78, 5) is 27.6. The molecule has 2 aliphatic heterocycles. The van der Waals surface area contributed by atoms with Crippen molar-refractivity contribution in [2.75, 3.05) is 32.8 Å². The quantitative estimate of drug-likeness (QED) is 0.767. The lowest BCUT2D eigenvalue weighted by atomic mass is 10.1. The number of carbonyl (C=O) groups is 2. The molecule has 126 valence electrons. The average molecular weight is 321 g/mol. The minimum atomic E-state index is -0.801. The van der Waals surface area contributed by atoms with Gasteiger partial charge in [0.2, 0.25) is 0 Å². The third kappa shape index (κ3) is 3.53. The Hall–Kier alpha value is -1.93. The summed E-state index contributed by atoms with van der Waals surface area (Å²) in [5, 5.41) is 6.89. The minimum Gasteiger partial charge on any atom is -0.374 e. The Bertz CT molecular complexity index is 572. The lowest BCUT2D eigenvalue weighted by Crippen LogP contribution is -2.48. The van der Waals surface area contributed by atoms with Crippen molar-refractivity contribution in [3.8, 4) is 0 Å². The summed E-state index contributed by atoms with van der Waals surface area (Å²) in [7, 11) is 0. The molecule has 8 nitrogen and oxygen atoms in total. The second-order valence-electron chi connectivity index (χ2n) is 6.53. The van der Waals surface area contributed by atoms with Crippen molar-refractivity contribution in [1.29, 1.82) is 0 Å². The van der Waals surface area contributed by atoms with Crippen LogP contribution in [-0.2, 0) is 16.1 Å². The molecule has 0 bridgehead atoms. The molecule has 0 aliphatic carbocycles. The van der Waals surface area contributed by atoms with Gasteiger partial charge < -0.3 is 10.1 Å². The first-order valence-corrected chi connectivity index (χ1v) is 7.91. The van der Waals surface area contributed by atoms with Gasteiger partial charge in [-0.2, -0.15) is 5.10 Å². The van der Waals surface area contributed by atoms with Crippen molar-refractivity contribution < 1.29 is 14.3 Å². The fraction of sp³-hybridized carbons (Fsp3) is 0.667. The normalized spacial score (nSPS) is 25.0. The van der Waals surface area contributed by atoms with E-state index in [1.165, 1.54) is 4.90 Å². The second-order valence-corrected chi connectivity index (χ2v) is 6.53. The number of hydrogen-bond acceptors (Lipinski definition) is 5. The standard InChI is InChI=1S/C15H23N5O3/c1-15(2)13(21)20(14(22)17-15)7-6-18-8-9-23-12(10-18)11-19-5-3-4-16-19/h3-5,12H,6-11H2,1-2H3,(H,17,22). The smallest absolute Gasteiger partial charge is 0.325 e. The lowest BCUT2D eigenvalue weighted by molar-refractivity contribution is -0.130. The first kappa shape index (κ1) is 15.9. The zero-order valence-corrected chi connectivity index (χ0v) is 13.6. The number of nitrogens with zero attached hydrogens (tertiary/aromatic N) is 4. The van der Waals surface area contributed by atoms with E-state index in [0.29, 0.717) is 26.2 Å². The van der Waals surface area contributed by atoms with Crippen LogP contribution in [0, 0.1) is 0 Å². The van der Waals surface area contributed by atoms with Crippen molar-refractivity contribution in [1.82, 2.24) is 24.9 Å². The number of hydrogen-bond donors (Lipinski definition) is 1. The molecular weight excluding hydrogens is 298 g/mol. The van der Waals surface area contributed by atoms with Crippen LogP contribution in [-0.4, -0.2) is 75.9 Å². The van der Waals surface area contributed by atoms with Crippen molar-refractivity contribution in [3.63, 3.8) is 0 Å². The van der Waals surface area contributed by atoms with Gasteiger partial charge in [0.15, 0.2) is 0 Å². The fourth-order valence-corrected chi connectivity index (χ4v) is 2.97. The van der Waals surface area contributed by atoms with Gasteiger partial charge in [-0.1, -0.05) is 0 Å². The van der Waals surface area contributed by atoms with Gasteiger partial charge in [0.05, 0.1) is 19.3 Å². The van der Waals surface area contributed by atoms with Crippen molar-refractivity contribution in [3.05, 3.63) is 18.5 Å². The highest BCUT2D eigenvalue weighted by Gasteiger charge is 2.44. The van der Waals surface area contributed by atoms with Crippen LogP contribution in [0.4, 0.5) is 4.79 Å². The van der Waals surface area contributed by atoms with E-state index in [0.717, 1.165) is 13.1 Å². The molecular formula is C15H23N5O3. The van der Waals surface area contributed by atoms with Crippen LogP contribution in [0.1, 0.15) is 13.8 Å². The predicted molar refractivity (Wildman–Crippen MR) is 82.7 cm³/mol. The third-order valence-corrected chi connectivity index (χ3v) is 4.26. The predicted octanol–water partition coefficient (Wildman–Crippen LogP) is -0.0857. The number of carbonyl (C=O) groups excluding carboxylic acids is 2. The van der Waals surface area contributed by atoms with E-state index in [2.05, 4.69) is 15.3 Å². The Morgan fingerprint density at radius 2 is 2.22 bits per heavy atom. The van der Waals surface area contributed by atoms with Crippen LogP contribution in [0.25, 0.3) is 0 Å². The molecule has 3 amide bonds. The molecule has 2 saturated heterocycles. The maximum absolute atomic E-state index is 12.2. The SMILES string of the molecule is CC1(C)NC(=O)N(CCN2CCOC(Cn3cccn3)C2)C1=O. The number of morpholine rings is 1. The van der Waals surface area contributed by atoms with E-state index in [9.17, 15) is 9.59 Å². The number of aromatic nitrogens is 2. The molecule has 0 saturated carbocycles. The molecule has 0 spiro atoms. The van der Waals surface area contributed by atoms with Crippen LogP contribution >= 0.6 is 0 Å². The Morgan fingerprint density at radius 3 is 2.87 bits per heavy atom. The summed E-state index contributed by atoms with van der Waals surface area (Å²) >= 11 is 0. The average Bonchev–Trinajstić information content (AvgIpc) is 3.06. The van der Waals surface area contributed by atoms with Gasteiger partial charge in [-0.3, -0.25) is 19.3 Å². The zero-order chi connectivity index (χ0) is 16.4. The molecule has 1 unspecified atom stereocenters. The second kappa shape index (κ2) is 6.29. The van der Waals surface area contributed by atoms with Gasteiger partial charge in [0.1, 0.15) is 5.54 Å². The minimum absolute atomic E-state index is 0.0724. The molecule has 1 aromatic heterocycles. The number of amides is 3. The highest BCUT2D eigenvalue weighted by Crippen LogP contribution is 2.16. The molecule has 1 aromatic rings. The highest BCUT2D eigenvalue weighted by molar-refractivity contribution is 6.06. The summed E-state index contributed by atoms with van der Waals surface area (Å²) in [5.41, 5.74) is -0.801. The van der Waals surface area contributed by atoms with Crippen molar-refractivity contribution in [2.45, 2.75) is 32.0 Å². The van der Waals surface area contributed by atoms with Gasteiger partial charge in [0.25, 0.3) is 5.91 Å². The molecule has 0 radical (unpaired) electrons. The van der Waals surface area contributed by atoms with E-state index >= 15 is 0 Å². The Balaban J connectivity index is 1.50.